The van der Waals surface area contributed by atoms with Crippen LogP contribution in [0.15, 0.2) is 47.1 Å². The number of aryl methyl sites for hydroxylation is 2. The Morgan fingerprint density at radius 1 is 1.07 bits per heavy atom. The van der Waals surface area contributed by atoms with E-state index in [9.17, 15) is 4.79 Å². The van der Waals surface area contributed by atoms with E-state index < -0.39 is 0 Å². The number of hydrogen-bond acceptors (Lipinski definition) is 4. The van der Waals surface area contributed by atoms with E-state index in [2.05, 4.69) is 28.1 Å². The zero-order valence-electron chi connectivity index (χ0n) is 15.6. The normalized spacial score (nSPS) is 10.9. The third kappa shape index (κ3) is 4.35. The fraction of sp³-hybridized carbons (Fsp3) is 0.318. The molecule has 5 heteroatoms. The number of alkyl halides is 1. The molecule has 0 radical (unpaired) electrons. The summed E-state index contributed by atoms with van der Waals surface area (Å²) in [5.41, 5.74) is 3.31. The number of benzene rings is 2. The van der Waals surface area contributed by atoms with E-state index in [1.807, 2.05) is 31.2 Å². The van der Waals surface area contributed by atoms with E-state index in [-0.39, 0.29) is 5.78 Å². The summed E-state index contributed by atoms with van der Waals surface area (Å²) in [6.45, 7) is 4.41. The van der Waals surface area contributed by atoms with Gasteiger partial charge in [-0.15, -0.1) is 0 Å². The van der Waals surface area contributed by atoms with Crippen molar-refractivity contribution >= 4 is 32.7 Å². The maximum Gasteiger partial charge on any atom is 0.205 e. The van der Waals surface area contributed by atoms with Crippen LogP contribution in [0.2, 0.25) is 0 Å². The van der Waals surface area contributed by atoms with Gasteiger partial charge in [0.15, 0.2) is 17.1 Å². The summed E-state index contributed by atoms with van der Waals surface area (Å²) in [6.07, 6.45) is 3.39. The second-order valence-corrected chi connectivity index (χ2v) is 7.15. The number of halogens is 1. The second-order valence-electron chi connectivity index (χ2n) is 6.35. The molecule has 0 unspecified atom stereocenters. The highest BCUT2D eigenvalue weighted by Gasteiger charge is 2.24. The van der Waals surface area contributed by atoms with Crippen LogP contribution in [0.1, 0.15) is 34.8 Å². The van der Waals surface area contributed by atoms with Crippen molar-refractivity contribution in [1.29, 1.82) is 0 Å². The predicted molar refractivity (Wildman–Crippen MR) is 111 cm³/mol. The summed E-state index contributed by atoms with van der Waals surface area (Å²) in [5.74, 6) is 0.940. The van der Waals surface area contributed by atoms with Crippen molar-refractivity contribution in [2.24, 2.45) is 0 Å². The first-order valence-electron chi connectivity index (χ1n) is 9.03. The summed E-state index contributed by atoms with van der Waals surface area (Å²) < 4.78 is 17.7. The molecule has 0 saturated carbocycles. The molecule has 3 rings (SSSR count). The molecule has 0 saturated heterocycles. The number of hydrogen-bond donors (Lipinski definition) is 0. The smallest absolute Gasteiger partial charge is 0.205 e. The first-order valence-corrected chi connectivity index (χ1v) is 10.2. The standard InChI is InChI=1S/C22H23BrO4/c1-15-18-10-13-26-20(18)22(21(27-14-11-23)19(15)16(2)24)25-12-6-9-17-7-4-3-5-8-17/h3-5,7-8,10,13H,6,9,11-12,14H2,1-2H3. The summed E-state index contributed by atoms with van der Waals surface area (Å²) >= 11 is 3.37. The molecule has 0 atom stereocenters. The highest BCUT2D eigenvalue weighted by atomic mass is 79.9. The first-order chi connectivity index (χ1) is 13.1. The molecule has 0 spiro atoms. The Hall–Kier alpha value is -2.27. The lowest BCUT2D eigenvalue weighted by Gasteiger charge is -2.17. The van der Waals surface area contributed by atoms with Crippen molar-refractivity contribution in [1.82, 2.24) is 0 Å². The summed E-state index contributed by atoms with van der Waals surface area (Å²) in [5, 5.41) is 1.54. The minimum Gasteiger partial charge on any atom is -0.488 e. The monoisotopic (exact) mass is 430 g/mol. The molecule has 1 heterocycles. The number of rotatable bonds is 9. The fourth-order valence-electron chi connectivity index (χ4n) is 3.23. The van der Waals surface area contributed by atoms with Crippen LogP contribution in [0.4, 0.5) is 0 Å². The van der Waals surface area contributed by atoms with Gasteiger partial charge in [0.1, 0.15) is 0 Å². The maximum atomic E-state index is 12.3. The van der Waals surface area contributed by atoms with Gasteiger partial charge >= 0.3 is 0 Å². The molecule has 1 aromatic heterocycles. The first kappa shape index (κ1) is 19.5. The SMILES string of the molecule is CC(=O)c1c(OCCBr)c(OCCCc2ccccc2)c2occc2c1C. The van der Waals surface area contributed by atoms with E-state index >= 15 is 0 Å². The highest BCUT2D eigenvalue weighted by Crippen LogP contribution is 2.42. The van der Waals surface area contributed by atoms with Gasteiger partial charge in [0.05, 0.1) is 25.0 Å². The summed E-state index contributed by atoms with van der Waals surface area (Å²) in [7, 11) is 0. The van der Waals surface area contributed by atoms with Crippen molar-refractivity contribution in [2.45, 2.75) is 26.7 Å². The van der Waals surface area contributed by atoms with Crippen LogP contribution in [0.25, 0.3) is 11.0 Å². The maximum absolute atomic E-state index is 12.3. The third-order valence-electron chi connectivity index (χ3n) is 4.46. The van der Waals surface area contributed by atoms with Gasteiger partial charge in [0, 0.05) is 10.7 Å². The minimum atomic E-state index is -0.0469. The van der Waals surface area contributed by atoms with E-state index in [0.29, 0.717) is 41.2 Å². The van der Waals surface area contributed by atoms with Crippen molar-refractivity contribution < 1.29 is 18.7 Å². The molecule has 0 amide bonds. The summed E-state index contributed by atoms with van der Waals surface area (Å²) in [4.78, 5) is 12.3. The molecule has 27 heavy (non-hydrogen) atoms. The van der Waals surface area contributed by atoms with Gasteiger partial charge in [0.2, 0.25) is 5.75 Å². The number of ketones is 1. The van der Waals surface area contributed by atoms with Crippen LogP contribution in [-0.2, 0) is 6.42 Å². The Morgan fingerprint density at radius 3 is 2.52 bits per heavy atom. The summed E-state index contributed by atoms with van der Waals surface area (Å²) in [6, 6.07) is 12.2. The molecule has 0 aliphatic carbocycles. The quantitative estimate of drug-likeness (QED) is 0.247. The van der Waals surface area contributed by atoms with E-state index in [1.165, 1.54) is 5.56 Å². The van der Waals surface area contributed by atoms with Crippen LogP contribution in [0.5, 0.6) is 11.5 Å². The average molecular weight is 431 g/mol. The number of fused-ring (bicyclic) bond motifs is 1. The van der Waals surface area contributed by atoms with Gasteiger partial charge in [-0.1, -0.05) is 46.3 Å². The third-order valence-corrected chi connectivity index (χ3v) is 4.78. The van der Waals surface area contributed by atoms with E-state index in [4.69, 9.17) is 13.9 Å². The fourth-order valence-corrected chi connectivity index (χ4v) is 3.39. The number of Topliss-reactive ketones (excluding diaryl/α,β-unsaturated/α-hetero) is 1. The van der Waals surface area contributed by atoms with Crippen molar-refractivity contribution in [2.75, 3.05) is 18.5 Å². The molecular weight excluding hydrogens is 408 g/mol. The number of carbonyl (C=O) groups excluding carboxylic acids is 1. The van der Waals surface area contributed by atoms with Gasteiger partial charge < -0.3 is 13.9 Å². The van der Waals surface area contributed by atoms with Crippen LogP contribution in [0.3, 0.4) is 0 Å². The molecule has 4 nitrogen and oxygen atoms in total. The Morgan fingerprint density at radius 2 is 1.81 bits per heavy atom. The number of furan rings is 1. The number of carbonyl (C=O) groups is 1. The van der Waals surface area contributed by atoms with Crippen LogP contribution in [0, 0.1) is 6.92 Å². The largest absolute Gasteiger partial charge is 0.488 e. The van der Waals surface area contributed by atoms with Crippen molar-refractivity contribution in [3.63, 3.8) is 0 Å². The van der Waals surface area contributed by atoms with Gasteiger partial charge in [-0.3, -0.25) is 4.79 Å². The molecule has 0 fully saturated rings. The van der Waals surface area contributed by atoms with Crippen LogP contribution in [-0.4, -0.2) is 24.3 Å². The van der Waals surface area contributed by atoms with Gasteiger partial charge in [-0.05, 0) is 43.9 Å². The van der Waals surface area contributed by atoms with Gasteiger partial charge in [-0.25, -0.2) is 0 Å². The average Bonchev–Trinajstić information content (AvgIpc) is 3.15. The minimum absolute atomic E-state index is 0.0469. The molecule has 142 valence electrons. The lowest BCUT2D eigenvalue weighted by atomic mass is 9.99. The zero-order valence-corrected chi connectivity index (χ0v) is 17.2. The highest BCUT2D eigenvalue weighted by molar-refractivity contribution is 9.09. The molecular formula is C22H23BrO4. The Balaban J connectivity index is 1.88. The second kappa shape index (κ2) is 9.09. The topological polar surface area (TPSA) is 48.7 Å². The molecule has 0 aliphatic rings. The predicted octanol–water partition coefficient (Wildman–Crippen LogP) is 5.73. The molecule has 0 N–H and O–H groups in total. The lowest BCUT2D eigenvalue weighted by molar-refractivity contribution is 0.101. The molecule has 3 aromatic rings. The lowest BCUT2D eigenvalue weighted by Crippen LogP contribution is -2.09. The van der Waals surface area contributed by atoms with E-state index in [1.54, 1.807) is 13.2 Å². The van der Waals surface area contributed by atoms with Crippen molar-refractivity contribution in [3.05, 3.63) is 59.4 Å². The van der Waals surface area contributed by atoms with Gasteiger partial charge in [-0.2, -0.15) is 0 Å². The van der Waals surface area contributed by atoms with Crippen molar-refractivity contribution in [3.8, 4) is 11.5 Å². The molecule has 0 aliphatic heterocycles. The van der Waals surface area contributed by atoms with Crippen LogP contribution < -0.4 is 9.47 Å². The Labute approximate surface area is 167 Å². The van der Waals surface area contributed by atoms with Crippen LogP contribution >= 0.6 is 15.9 Å². The van der Waals surface area contributed by atoms with Gasteiger partial charge in [0.25, 0.3) is 0 Å². The molecule has 2 aromatic carbocycles. The van der Waals surface area contributed by atoms with E-state index in [0.717, 1.165) is 23.8 Å². The Bertz CT molecular complexity index is 915. The Kier molecular flexibility index (Phi) is 6.56. The molecule has 0 bridgehead atoms. The number of ether oxygens (including phenoxy) is 2. The zero-order chi connectivity index (χ0) is 19.2.